The number of amides is 2. The fraction of sp³-hybridized carbons (Fsp3) is 0.211. The minimum Gasteiger partial charge on any atom is -0.452 e. The Labute approximate surface area is 156 Å². The lowest BCUT2D eigenvalue weighted by atomic mass is 10.1. The molecule has 2 aromatic carbocycles. The molecule has 0 heterocycles. The second-order valence-corrected chi connectivity index (χ2v) is 5.86. The van der Waals surface area contributed by atoms with Gasteiger partial charge in [0.1, 0.15) is 0 Å². The van der Waals surface area contributed by atoms with Crippen LogP contribution in [0.3, 0.4) is 0 Å². The molecule has 2 rings (SSSR count). The first-order valence-electron chi connectivity index (χ1n) is 8.06. The highest BCUT2D eigenvalue weighted by atomic mass is 35.5. The fourth-order valence-electron chi connectivity index (χ4n) is 2.20. The molecule has 136 valence electrons. The van der Waals surface area contributed by atoms with Crippen LogP contribution in [0.2, 0.25) is 5.02 Å². The Bertz CT molecular complexity index is 808. The Morgan fingerprint density at radius 2 is 1.81 bits per heavy atom. The van der Waals surface area contributed by atoms with Gasteiger partial charge in [-0.1, -0.05) is 42.8 Å². The van der Waals surface area contributed by atoms with Crippen LogP contribution in [0, 0.1) is 0 Å². The van der Waals surface area contributed by atoms with Gasteiger partial charge in [0.15, 0.2) is 6.61 Å². The summed E-state index contributed by atoms with van der Waals surface area (Å²) in [5, 5.41) is 5.54. The van der Waals surface area contributed by atoms with Gasteiger partial charge in [0.05, 0.1) is 12.1 Å². The van der Waals surface area contributed by atoms with Crippen molar-refractivity contribution in [1.82, 2.24) is 5.32 Å². The van der Waals surface area contributed by atoms with E-state index < -0.39 is 18.5 Å². The molecule has 0 saturated carbocycles. The third kappa shape index (κ3) is 5.89. The molecule has 0 fully saturated rings. The summed E-state index contributed by atoms with van der Waals surface area (Å²) in [4.78, 5) is 35.5. The SMILES string of the molecule is CCc1ccccc1NC(=O)CNC(=O)COC(=O)c1cccc(Cl)c1. The van der Waals surface area contributed by atoms with Gasteiger partial charge in [0, 0.05) is 10.7 Å². The third-order valence-corrected chi connectivity index (χ3v) is 3.75. The van der Waals surface area contributed by atoms with Crippen molar-refractivity contribution in [1.29, 1.82) is 0 Å². The number of halogens is 1. The molecule has 0 atom stereocenters. The lowest BCUT2D eigenvalue weighted by molar-refractivity contribution is -0.126. The molecule has 2 N–H and O–H groups in total. The number of carbonyl (C=O) groups is 3. The van der Waals surface area contributed by atoms with Gasteiger partial charge >= 0.3 is 5.97 Å². The molecule has 0 aliphatic carbocycles. The average Bonchev–Trinajstić information content (AvgIpc) is 2.64. The molecule has 0 unspecified atom stereocenters. The molecule has 0 radical (unpaired) electrons. The second-order valence-electron chi connectivity index (χ2n) is 5.42. The van der Waals surface area contributed by atoms with Crippen LogP contribution in [0.1, 0.15) is 22.8 Å². The zero-order chi connectivity index (χ0) is 18.9. The minimum absolute atomic E-state index is 0.217. The number of benzene rings is 2. The molecular weight excluding hydrogens is 356 g/mol. The van der Waals surface area contributed by atoms with Crippen LogP contribution >= 0.6 is 11.6 Å². The van der Waals surface area contributed by atoms with Gasteiger partial charge in [0.2, 0.25) is 5.91 Å². The summed E-state index contributed by atoms with van der Waals surface area (Å²) < 4.78 is 4.89. The molecule has 0 aliphatic rings. The number of carbonyl (C=O) groups excluding carboxylic acids is 3. The first-order valence-corrected chi connectivity index (χ1v) is 8.44. The monoisotopic (exact) mass is 374 g/mol. The molecule has 0 bridgehead atoms. The van der Waals surface area contributed by atoms with Crippen LogP contribution in [0.4, 0.5) is 5.69 Å². The second kappa shape index (κ2) is 9.58. The molecule has 0 spiro atoms. The highest BCUT2D eigenvalue weighted by Crippen LogP contribution is 2.15. The van der Waals surface area contributed by atoms with Crippen LogP contribution in [-0.2, 0) is 20.7 Å². The first kappa shape index (κ1) is 19.5. The van der Waals surface area contributed by atoms with Crippen LogP contribution in [0.5, 0.6) is 0 Å². The largest absolute Gasteiger partial charge is 0.452 e. The Hall–Kier alpha value is -2.86. The summed E-state index contributed by atoms with van der Waals surface area (Å²) in [5.74, 6) is -1.59. The molecule has 7 heteroatoms. The van der Waals surface area contributed by atoms with E-state index in [1.165, 1.54) is 12.1 Å². The van der Waals surface area contributed by atoms with E-state index in [1.807, 2.05) is 25.1 Å². The van der Waals surface area contributed by atoms with Crippen molar-refractivity contribution in [2.75, 3.05) is 18.5 Å². The van der Waals surface area contributed by atoms with Crippen molar-refractivity contribution >= 4 is 35.1 Å². The number of hydrogen-bond donors (Lipinski definition) is 2. The summed E-state index contributed by atoms with van der Waals surface area (Å²) in [6.45, 7) is 1.29. The van der Waals surface area contributed by atoms with Crippen molar-refractivity contribution in [3.63, 3.8) is 0 Å². The standard InChI is InChI=1S/C19H19ClN2O4/c1-2-13-6-3-4-9-16(13)22-17(23)11-21-18(24)12-26-19(25)14-7-5-8-15(20)10-14/h3-10H,2,11-12H2,1H3,(H,21,24)(H,22,23). The van der Waals surface area contributed by atoms with E-state index in [9.17, 15) is 14.4 Å². The zero-order valence-corrected chi connectivity index (χ0v) is 15.0. The van der Waals surface area contributed by atoms with Gasteiger partial charge in [0.25, 0.3) is 5.91 Å². The van der Waals surface area contributed by atoms with Crippen LogP contribution in [0.15, 0.2) is 48.5 Å². The minimum atomic E-state index is -0.663. The molecule has 0 aromatic heterocycles. The topological polar surface area (TPSA) is 84.5 Å². The molecule has 26 heavy (non-hydrogen) atoms. The predicted molar refractivity (Wildman–Crippen MR) is 99.2 cm³/mol. The van der Waals surface area contributed by atoms with Gasteiger partial charge in [-0.2, -0.15) is 0 Å². The van der Waals surface area contributed by atoms with Crippen LogP contribution in [-0.4, -0.2) is 30.9 Å². The van der Waals surface area contributed by atoms with Crippen LogP contribution in [0.25, 0.3) is 0 Å². The van der Waals surface area contributed by atoms with E-state index in [-0.39, 0.29) is 18.0 Å². The summed E-state index contributed by atoms with van der Waals surface area (Å²) >= 11 is 5.79. The van der Waals surface area contributed by atoms with E-state index in [1.54, 1.807) is 18.2 Å². The summed E-state index contributed by atoms with van der Waals surface area (Å²) in [5.41, 5.74) is 1.96. The van der Waals surface area contributed by atoms with Crippen molar-refractivity contribution in [2.45, 2.75) is 13.3 Å². The Morgan fingerprint density at radius 3 is 2.54 bits per heavy atom. The summed E-state index contributed by atoms with van der Waals surface area (Å²) in [6, 6.07) is 13.6. The van der Waals surface area contributed by atoms with E-state index in [4.69, 9.17) is 16.3 Å². The molecule has 6 nitrogen and oxygen atoms in total. The van der Waals surface area contributed by atoms with E-state index in [0.29, 0.717) is 10.7 Å². The summed E-state index contributed by atoms with van der Waals surface area (Å²) in [6.07, 6.45) is 0.780. The average molecular weight is 375 g/mol. The van der Waals surface area contributed by atoms with Gasteiger partial charge in [-0.05, 0) is 36.2 Å². The van der Waals surface area contributed by atoms with Gasteiger partial charge < -0.3 is 15.4 Å². The van der Waals surface area contributed by atoms with E-state index >= 15 is 0 Å². The predicted octanol–water partition coefficient (Wildman–Crippen LogP) is 2.81. The number of para-hydroxylation sites is 1. The van der Waals surface area contributed by atoms with Crippen molar-refractivity contribution < 1.29 is 19.1 Å². The molecule has 0 saturated heterocycles. The Balaban J connectivity index is 1.76. The summed E-state index contributed by atoms with van der Waals surface area (Å²) in [7, 11) is 0. The maximum atomic E-state index is 11.9. The van der Waals surface area contributed by atoms with Crippen molar-refractivity contribution in [3.05, 3.63) is 64.7 Å². The lowest BCUT2D eigenvalue weighted by Gasteiger charge is -2.10. The van der Waals surface area contributed by atoms with E-state index in [2.05, 4.69) is 10.6 Å². The van der Waals surface area contributed by atoms with Gasteiger partial charge in [-0.15, -0.1) is 0 Å². The number of nitrogens with one attached hydrogen (secondary N) is 2. The number of ether oxygens (including phenoxy) is 1. The number of rotatable bonds is 7. The fourth-order valence-corrected chi connectivity index (χ4v) is 2.40. The Kier molecular flexibility index (Phi) is 7.17. The molecule has 2 aromatic rings. The smallest absolute Gasteiger partial charge is 0.338 e. The first-order chi connectivity index (χ1) is 12.5. The lowest BCUT2D eigenvalue weighted by Crippen LogP contribution is -2.35. The number of anilines is 1. The number of hydrogen-bond acceptors (Lipinski definition) is 4. The maximum absolute atomic E-state index is 11.9. The molecular formula is C19H19ClN2O4. The quantitative estimate of drug-likeness (QED) is 0.730. The van der Waals surface area contributed by atoms with Crippen molar-refractivity contribution in [2.24, 2.45) is 0 Å². The highest BCUT2D eigenvalue weighted by Gasteiger charge is 2.12. The van der Waals surface area contributed by atoms with Crippen molar-refractivity contribution in [3.8, 4) is 0 Å². The van der Waals surface area contributed by atoms with E-state index in [0.717, 1.165) is 12.0 Å². The molecule has 2 amide bonds. The zero-order valence-electron chi connectivity index (χ0n) is 14.3. The normalized spacial score (nSPS) is 10.1. The van der Waals surface area contributed by atoms with Gasteiger partial charge in [-0.3, -0.25) is 9.59 Å². The number of esters is 1. The van der Waals surface area contributed by atoms with Crippen LogP contribution < -0.4 is 10.6 Å². The maximum Gasteiger partial charge on any atom is 0.338 e. The number of aryl methyl sites for hydroxylation is 1. The highest BCUT2D eigenvalue weighted by molar-refractivity contribution is 6.30. The Morgan fingerprint density at radius 1 is 1.04 bits per heavy atom. The third-order valence-electron chi connectivity index (χ3n) is 3.51. The van der Waals surface area contributed by atoms with Gasteiger partial charge in [-0.25, -0.2) is 4.79 Å². The molecule has 0 aliphatic heterocycles.